The number of thiazole rings is 1. The zero-order chi connectivity index (χ0) is 24.7. The lowest BCUT2D eigenvalue weighted by Crippen LogP contribution is -2.12. The van der Waals surface area contributed by atoms with Crippen molar-refractivity contribution < 1.29 is 14.3 Å². The topological polar surface area (TPSA) is 74.2 Å². The summed E-state index contributed by atoms with van der Waals surface area (Å²) < 4.78 is 10.5. The number of unbranched alkanes of at least 4 members (excludes halogenated alkanes) is 8. The molecule has 0 saturated carbocycles. The molecule has 7 heteroatoms. The lowest BCUT2D eigenvalue weighted by atomic mass is 10.1. The van der Waals surface area contributed by atoms with E-state index in [9.17, 15) is 4.79 Å². The van der Waals surface area contributed by atoms with Gasteiger partial charge in [0, 0.05) is 18.0 Å². The second-order valence-corrected chi connectivity index (χ2v) is 9.87. The fourth-order valence-electron chi connectivity index (χ4n) is 3.81. The molecule has 0 N–H and O–H groups in total. The Morgan fingerprint density at radius 3 is 2.06 bits per heavy atom. The van der Waals surface area contributed by atoms with Gasteiger partial charge in [0.2, 0.25) is 5.06 Å². The van der Waals surface area contributed by atoms with Crippen LogP contribution < -0.4 is 9.47 Å². The average molecular weight is 496 g/mol. The number of aromatic nitrogens is 3. The van der Waals surface area contributed by atoms with Crippen LogP contribution in [0.5, 0.6) is 10.8 Å². The zero-order valence-corrected chi connectivity index (χ0v) is 21.8. The molecule has 0 aliphatic carbocycles. The monoisotopic (exact) mass is 495 g/mol. The van der Waals surface area contributed by atoms with Gasteiger partial charge in [-0.25, -0.2) is 19.7 Å². The number of benzene rings is 1. The van der Waals surface area contributed by atoms with E-state index in [1.165, 1.54) is 74.7 Å². The highest BCUT2D eigenvalue weighted by molar-refractivity contribution is 7.13. The van der Waals surface area contributed by atoms with Gasteiger partial charge in [-0.3, -0.25) is 0 Å². The molecule has 0 atom stereocenters. The van der Waals surface area contributed by atoms with Crippen molar-refractivity contribution in [2.24, 2.45) is 0 Å². The number of rotatable bonds is 15. The molecule has 0 amide bonds. The third-order valence-electron chi connectivity index (χ3n) is 5.77. The largest absolute Gasteiger partial charge is 0.520 e. The lowest BCUT2D eigenvalue weighted by molar-refractivity contribution is 0.153. The van der Waals surface area contributed by atoms with Gasteiger partial charge in [-0.1, -0.05) is 76.6 Å². The van der Waals surface area contributed by atoms with Crippen LogP contribution in [0.25, 0.3) is 11.4 Å². The first kappa shape index (κ1) is 26.8. The molecular weight excluding hydrogens is 458 g/mol. The van der Waals surface area contributed by atoms with E-state index in [1.807, 2.05) is 24.5 Å². The number of ether oxygens (including phenoxy) is 2. The number of hydrogen-bond donors (Lipinski definition) is 0. The predicted octanol–water partition coefficient (Wildman–Crippen LogP) is 8.20. The highest BCUT2D eigenvalue weighted by Gasteiger charge is 2.11. The summed E-state index contributed by atoms with van der Waals surface area (Å²) in [6, 6.07) is 7.10. The third-order valence-corrected chi connectivity index (χ3v) is 6.70. The second-order valence-electron chi connectivity index (χ2n) is 8.79. The summed E-state index contributed by atoms with van der Waals surface area (Å²) in [5.41, 5.74) is 2.04. The normalized spacial score (nSPS) is 10.9. The smallest absolute Gasteiger partial charge is 0.395 e. The Labute approximate surface area is 213 Å². The van der Waals surface area contributed by atoms with Crippen molar-refractivity contribution >= 4 is 17.5 Å². The average Bonchev–Trinajstić information content (AvgIpc) is 3.30. The zero-order valence-electron chi connectivity index (χ0n) is 21.0. The molecule has 3 rings (SSSR count). The van der Waals surface area contributed by atoms with E-state index in [2.05, 4.69) is 28.8 Å². The first-order chi connectivity index (χ1) is 17.2. The van der Waals surface area contributed by atoms with Crippen LogP contribution in [0.1, 0.15) is 88.6 Å². The van der Waals surface area contributed by atoms with Crippen LogP contribution >= 0.6 is 11.3 Å². The molecule has 3 aromatic rings. The first-order valence-corrected chi connectivity index (χ1v) is 13.7. The molecule has 188 valence electrons. The Bertz CT molecular complexity index is 1000. The van der Waals surface area contributed by atoms with E-state index in [0.717, 1.165) is 29.8 Å². The van der Waals surface area contributed by atoms with Crippen molar-refractivity contribution in [2.75, 3.05) is 0 Å². The van der Waals surface area contributed by atoms with Crippen molar-refractivity contribution in [3.05, 3.63) is 53.4 Å². The molecule has 0 fully saturated rings. The van der Waals surface area contributed by atoms with Gasteiger partial charge in [-0.05, 0) is 55.5 Å². The Morgan fingerprint density at radius 1 is 0.743 bits per heavy atom. The Kier molecular flexibility index (Phi) is 11.7. The summed E-state index contributed by atoms with van der Waals surface area (Å²) in [7, 11) is 0. The van der Waals surface area contributed by atoms with E-state index >= 15 is 0 Å². The van der Waals surface area contributed by atoms with Crippen molar-refractivity contribution in [1.82, 2.24) is 15.0 Å². The van der Waals surface area contributed by atoms with Crippen molar-refractivity contribution in [1.29, 1.82) is 0 Å². The van der Waals surface area contributed by atoms with Gasteiger partial charge >= 0.3 is 6.16 Å². The van der Waals surface area contributed by atoms with Gasteiger partial charge in [-0.2, -0.15) is 0 Å². The Balaban J connectivity index is 1.38. The van der Waals surface area contributed by atoms with Gasteiger partial charge in [0.1, 0.15) is 5.75 Å². The lowest BCUT2D eigenvalue weighted by Gasteiger charge is -2.06. The first-order valence-electron chi connectivity index (χ1n) is 12.9. The van der Waals surface area contributed by atoms with E-state index in [1.54, 1.807) is 18.3 Å². The van der Waals surface area contributed by atoms with E-state index in [-0.39, 0.29) is 0 Å². The highest BCUT2D eigenvalue weighted by atomic mass is 32.1. The summed E-state index contributed by atoms with van der Waals surface area (Å²) >= 11 is 1.36. The molecule has 0 radical (unpaired) electrons. The third kappa shape index (κ3) is 9.76. The molecule has 0 aliphatic rings. The van der Waals surface area contributed by atoms with Crippen LogP contribution in [0.4, 0.5) is 4.79 Å². The standard InChI is InChI=1S/C28H37N3O3S/c1-3-5-6-7-8-9-10-11-12-14-22-19-30-27(31-20-22)23-15-17-24(18-16-23)33-28(32)34-26-21-29-25(35-26)13-4-2/h15-21H,3-14H2,1-2H3. The van der Waals surface area contributed by atoms with Crippen LogP contribution in [0.15, 0.2) is 42.9 Å². The number of carbonyl (C=O) groups is 1. The maximum absolute atomic E-state index is 12.0. The summed E-state index contributed by atoms with van der Waals surface area (Å²) in [5, 5.41) is 1.38. The molecule has 0 spiro atoms. The number of nitrogens with zero attached hydrogens (tertiary/aromatic N) is 3. The van der Waals surface area contributed by atoms with Crippen molar-refractivity contribution in [3.63, 3.8) is 0 Å². The Hall–Kier alpha value is -2.80. The minimum Gasteiger partial charge on any atom is -0.395 e. The van der Waals surface area contributed by atoms with E-state index in [4.69, 9.17) is 9.47 Å². The fraction of sp³-hybridized carbons (Fsp3) is 0.500. The Morgan fingerprint density at radius 2 is 1.40 bits per heavy atom. The van der Waals surface area contributed by atoms with E-state index in [0.29, 0.717) is 16.6 Å². The van der Waals surface area contributed by atoms with Crippen LogP contribution in [-0.4, -0.2) is 21.1 Å². The number of aryl methyl sites for hydroxylation is 2. The van der Waals surface area contributed by atoms with Gasteiger partial charge in [0.25, 0.3) is 0 Å². The van der Waals surface area contributed by atoms with Crippen LogP contribution in [-0.2, 0) is 12.8 Å². The molecule has 2 aromatic heterocycles. The minimum atomic E-state index is -0.776. The summed E-state index contributed by atoms with van der Waals surface area (Å²) in [6.07, 6.45) is 19.4. The SMILES string of the molecule is CCCCCCCCCCCc1cnc(-c2ccc(OC(=O)Oc3cnc(CCC)s3)cc2)nc1. The van der Waals surface area contributed by atoms with Crippen LogP contribution in [0.2, 0.25) is 0 Å². The number of hydrogen-bond acceptors (Lipinski definition) is 7. The molecule has 0 unspecified atom stereocenters. The van der Waals surface area contributed by atoms with Crippen molar-refractivity contribution in [3.8, 4) is 22.2 Å². The molecule has 6 nitrogen and oxygen atoms in total. The molecule has 0 aliphatic heterocycles. The van der Waals surface area contributed by atoms with Crippen LogP contribution in [0.3, 0.4) is 0 Å². The molecular formula is C28H37N3O3S. The van der Waals surface area contributed by atoms with Gasteiger partial charge < -0.3 is 9.47 Å². The van der Waals surface area contributed by atoms with Gasteiger partial charge in [-0.15, -0.1) is 0 Å². The second kappa shape index (κ2) is 15.2. The van der Waals surface area contributed by atoms with Crippen molar-refractivity contribution in [2.45, 2.75) is 90.9 Å². The molecule has 1 aromatic carbocycles. The maximum Gasteiger partial charge on any atom is 0.520 e. The highest BCUT2D eigenvalue weighted by Crippen LogP contribution is 2.24. The van der Waals surface area contributed by atoms with Crippen LogP contribution in [0, 0.1) is 0 Å². The van der Waals surface area contributed by atoms with E-state index < -0.39 is 6.16 Å². The quantitative estimate of drug-likeness (QED) is 0.120. The fourth-order valence-corrected chi connectivity index (χ4v) is 4.67. The molecule has 0 bridgehead atoms. The summed E-state index contributed by atoms with van der Waals surface area (Å²) in [5.74, 6) is 1.06. The van der Waals surface area contributed by atoms with Gasteiger partial charge in [0.15, 0.2) is 5.82 Å². The predicted molar refractivity (Wildman–Crippen MR) is 141 cm³/mol. The summed E-state index contributed by atoms with van der Waals surface area (Å²) in [6.45, 7) is 4.34. The minimum absolute atomic E-state index is 0.402. The van der Waals surface area contributed by atoms with Gasteiger partial charge in [0.05, 0.1) is 11.2 Å². The molecule has 2 heterocycles. The summed E-state index contributed by atoms with van der Waals surface area (Å²) in [4.78, 5) is 25.3. The number of carbonyl (C=O) groups excluding carboxylic acids is 1. The maximum atomic E-state index is 12.0. The molecule has 0 saturated heterocycles. The molecule has 35 heavy (non-hydrogen) atoms.